The Balaban J connectivity index is 1.70. The summed E-state index contributed by atoms with van der Waals surface area (Å²) in [5.41, 5.74) is 0.789. The van der Waals surface area contributed by atoms with Gasteiger partial charge in [0.05, 0.1) is 15.6 Å². The molecule has 0 aliphatic heterocycles. The lowest BCUT2D eigenvalue weighted by Gasteiger charge is -2.32. The van der Waals surface area contributed by atoms with Crippen molar-refractivity contribution in [3.63, 3.8) is 0 Å². The first-order valence-corrected chi connectivity index (χ1v) is 15.5. The second-order valence-corrected chi connectivity index (χ2v) is 12.9. The van der Waals surface area contributed by atoms with E-state index in [1.54, 1.807) is 49.4 Å². The van der Waals surface area contributed by atoms with Gasteiger partial charge in [0.2, 0.25) is 11.8 Å². The van der Waals surface area contributed by atoms with Gasteiger partial charge in [-0.2, -0.15) is 0 Å². The van der Waals surface area contributed by atoms with Crippen molar-refractivity contribution in [1.29, 1.82) is 0 Å². The van der Waals surface area contributed by atoms with Crippen LogP contribution in [0.5, 0.6) is 0 Å². The highest BCUT2D eigenvalue weighted by Gasteiger charge is 2.34. The van der Waals surface area contributed by atoms with E-state index < -0.39 is 28.5 Å². The number of hydrogen-bond acceptors (Lipinski definition) is 4. The minimum Gasteiger partial charge on any atom is -0.352 e. The van der Waals surface area contributed by atoms with Gasteiger partial charge in [-0.25, -0.2) is 8.42 Å². The molecule has 1 atom stereocenters. The number of carbonyl (C=O) groups is 2. The topological polar surface area (TPSA) is 86.8 Å². The Morgan fingerprint density at radius 3 is 2.20 bits per heavy atom. The predicted octanol–water partition coefficient (Wildman–Crippen LogP) is 6.32. The Hall–Kier alpha value is -2.78. The van der Waals surface area contributed by atoms with Gasteiger partial charge in [-0.1, -0.05) is 78.0 Å². The lowest BCUT2D eigenvalue weighted by molar-refractivity contribution is -0.139. The summed E-state index contributed by atoms with van der Waals surface area (Å²) < 4.78 is 28.6. The monoisotopic (exact) mass is 621 g/mol. The molecule has 4 rings (SSSR count). The van der Waals surface area contributed by atoms with Crippen LogP contribution in [0.2, 0.25) is 15.1 Å². The fraction of sp³-hybridized carbons (Fsp3) is 0.310. The van der Waals surface area contributed by atoms with E-state index in [4.69, 9.17) is 34.8 Å². The molecule has 0 spiro atoms. The minimum absolute atomic E-state index is 0.0184. The summed E-state index contributed by atoms with van der Waals surface area (Å²) in [5.74, 6) is -0.882. The molecule has 0 aromatic heterocycles. The molecule has 1 aliphatic rings. The molecule has 1 saturated carbocycles. The van der Waals surface area contributed by atoms with Crippen molar-refractivity contribution < 1.29 is 18.0 Å². The van der Waals surface area contributed by atoms with Crippen molar-refractivity contribution >= 4 is 62.3 Å². The Kier molecular flexibility index (Phi) is 10.0. The smallest absolute Gasteiger partial charge is 0.264 e. The second kappa shape index (κ2) is 13.3. The number of halogens is 3. The number of benzene rings is 3. The molecule has 0 radical (unpaired) electrons. The third-order valence-corrected chi connectivity index (χ3v) is 9.50. The first-order chi connectivity index (χ1) is 19.1. The number of carbonyl (C=O) groups excluding carboxylic acids is 2. The summed E-state index contributed by atoms with van der Waals surface area (Å²) in [6.45, 7) is 1.10. The van der Waals surface area contributed by atoms with Crippen LogP contribution in [-0.2, 0) is 26.2 Å². The van der Waals surface area contributed by atoms with E-state index in [-0.39, 0.29) is 39.1 Å². The largest absolute Gasteiger partial charge is 0.352 e. The molecule has 1 aliphatic carbocycles. The van der Waals surface area contributed by atoms with Gasteiger partial charge in [0.15, 0.2) is 0 Å². The third kappa shape index (κ3) is 7.29. The van der Waals surface area contributed by atoms with Gasteiger partial charge in [0, 0.05) is 22.6 Å². The molecule has 212 valence electrons. The highest BCUT2D eigenvalue weighted by atomic mass is 35.5. The molecule has 0 bridgehead atoms. The normalized spacial score (nSPS) is 14.5. The van der Waals surface area contributed by atoms with Gasteiger partial charge in [0.25, 0.3) is 10.0 Å². The van der Waals surface area contributed by atoms with Crippen molar-refractivity contribution in [2.75, 3.05) is 10.8 Å². The number of hydrogen-bond donors (Lipinski definition) is 1. The van der Waals surface area contributed by atoms with Crippen LogP contribution in [0.15, 0.2) is 77.7 Å². The predicted molar refractivity (Wildman–Crippen MR) is 159 cm³/mol. The summed E-state index contributed by atoms with van der Waals surface area (Å²) in [6, 6.07) is 18.3. The van der Waals surface area contributed by atoms with Gasteiger partial charge in [-0.05, 0) is 67.8 Å². The van der Waals surface area contributed by atoms with E-state index in [1.807, 2.05) is 0 Å². The average molecular weight is 623 g/mol. The highest BCUT2D eigenvalue weighted by Crippen LogP contribution is 2.33. The lowest BCUT2D eigenvalue weighted by Crippen LogP contribution is -2.52. The van der Waals surface area contributed by atoms with Crippen LogP contribution in [0.3, 0.4) is 0 Å². The van der Waals surface area contributed by atoms with Crippen molar-refractivity contribution in [3.8, 4) is 0 Å². The average Bonchev–Trinajstić information content (AvgIpc) is 3.45. The molecule has 1 N–H and O–H groups in total. The first kappa shape index (κ1) is 30.2. The second-order valence-electron chi connectivity index (χ2n) is 9.73. The van der Waals surface area contributed by atoms with Crippen LogP contribution in [0.25, 0.3) is 0 Å². The maximum absolute atomic E-state index is 14.0. The number of anilines is 1. The fourth-order valence-electron chi connectivity index (χ4n) is 4.67. The van der Waals surface area contributed by atoms with Gasteiger partial charge < -0.3 is 10.2 Å². The summed E-state index contributed by atoms with van der Waals surface area (Å²) >= 11 is 18.7. The van der Waals surface area contributed by atoms with Crippen molar-refractivity contribution in [3.05, 3.63) is 93.4 Å². The molecule has 40 heavy (non-hydrogen) atoms. The standard InChI is InChI=1S/C29H30Cl3N3O4S/c1-20(29(37)33-24-7-5-6-8-24)34(18-21-11-13-22(30)14-12-21)28(36)19-35(27-17-23(31)15-16-26(27)32)40(38,39)25-9-3-2-4-10-25/h2-4,9-17,20,24H,5-8,18-19H2,1H3,(H,33,37)/t20-/m1/s1. The van der Waals surface area contributed by atoms with Gasteiger partial charge in [-0.3, -0.25) is 13.9 Å². The van der Waals surface area contributed by atoms with Crippen LogP contribution >= 0.6 is 34.8 Å². The van der Waals surface area contributed by atoms with Crippen molar-refractivity contribution in [2.45, 2.75) is 56.1 Å². The van der Waals surface area contributed by atoms with Crippen LogP contribution in [0.1, 0.15) is 38.2 Å². The van der Waals surface area contributed by atoms with Gasteiger partial charge in [-0.15, -0.1) is 0 Å². The molecule has 0 unspecified atom stereocenters. The Morgan fingerprint density at radius 2 is 1.55 bits per heavy atom. The van der Waals surface area contributed by atoms with E-state index in [1.165, 1.54) is 35.2 Å². The minimum atomic E-state index is -4.24. The van der Waals surface area contributed by atoms with Crippen LogP contribution in [0, 0.1) is 0 Å². The molecular formula is C29H30Cl3N3O4S. The van der Waals surface area contributed by atoms with Crippen LogP contribution in [-0.4, -0.2) is 43.8 Å². The number of rotatable bonds is 10. The quantitative estimate of drug-likeness (QED) is 0.287. The highest BCUT2D eigenvalue weighted by molar-refractivity contribution is 7.92. The zero-order chi connectivity index (χ0) is 28.9. The molecule has 2 amide bonds. The fourth-order valence-corrected chi connectivity index (χ4v) is 6.68. The maximum atomic E-state index is 14.0. The molecule has 7 nitrogen and oxygen atoms in total. The van der Waals surface area contributed by atoms with E-state index in [0.717, 1.165) is 35.6 Å². The zero-order valence-corrected chi connectivity index (χ0v) is 25.0. The molecule has 11 heteroatoms. The van der Waals surface area contributed by atoms with Gasteiger partial charge >= 0.3 is 0 Å². The number of nitrogens with one attached hydrogen (secondary N) is 1. The SMILES string of the molecule is C[C@H](C(=O)NC1CCCC1)N(Cc1ccc(Cl)cc1)C(=O)CN(c1cc(Cl)ccc1Cl)S(=O)(=O)c1ccccc1. The maximum Gasteiger partial charge on any atom is 0.264 e. The Bertz CT molecular complexity index is 1450. The third-order valence-electron chi connectivity index (χ3n) is 6.92. The van der Waals surface area contributed by atoms with Crippen LogP contribution in [0.4, 0.5) is 5.69 Å². The van der Waals surface area contributed by atoms with E-state index in [9.17, 15) is 18.0 Å². The Morgan fingerprint density at radius 1 is 0.925 bits per heavy atom. The van der Waals surface area contributed by atoms with Crippen LogP contribution < -0.4 is 9.62 Å². The summed E-state index contributed by atoms with van der Waals surface area (Å²) in [5, 5.41) is 3.93. The number of sulfonamides is 1. The lowest BCUT2D eigenvalue weighted by atomic mass is 10.1. The number of nitrogens with zero attached hydrogens (tertiary/aromatic N) is 2. The Labute approximate surface area is 250 Å². The van der Waals surface area contributed by atoms with E-state index >= 15 is 0 Å². The summed E-state index contributed by atoms with van der Waals surface area (Å²) in [7, 11) is -4.24. The van der Waals surface area contributed by atoms with Crippen molar-refractivity contribution in [2.24, 2.45) is 0 Å². The summed E-state index contributed by atoms with van der Waals surface area (Å²) in [6.07, 6.45) is 3.86. The van der Waals surface area contributed by atoms with Gasteiger partial charge in [0.1, 0.15) is 12.6 Å². The molecule has 1 fully saturated rings. The molecule has 3 aromatic carbocycles. The number of amides is 2. The van der Waals surface area contributed by atoms with E-state index in [2.05, 4.69) is 5.32 Å². The zero-order valence-electron chi connectivity index (χ0n) is 21.9. The first-order valence-electron chi connectivity index (χ1n) is 12.9. The molecule has 0 saturated heterocycles. The van der Waals surface area contributed by atoms with Crippen molar-refractivity contribution in [1.82, 2.24) is 10.2 Å². The molecule has 0 heterocycles. The molecule has 3 aromatic rings. The van der Waals surface area contributed by atoms with E-state index in [0.29, 0.717) is 5.02 Å². The summed E-state index contributed by atoms with van der Waals surface area (Å²) in [4.78, 5) is 28.6. The molecular weight excluding hydrogens is 593 g/mol.